The van der Waals surface area contributed by atoms with Crippen LogP contribution in [-0.4, -0.2) is 66.7 Å². The molecule has 2 aliphatic rings. The fraction of sp³-hybridized carbons (Fsp3) is 0.522. The number of para-hydroxylation sites is 2. The Kier molecular flexibility index (Phi) is 5.81. The van der Waals surface area contributed by atoms with Gasteiger partial charge >= 0.3 is 0 Å². The van der Waals surface area contributed by atoms with Gasteiger partial charge < -0.3 is 19.1 Å². The normalized spacial score (nSPS) is 20.5. The molecule has 0 spiro atoms. The number of hydrogen-bond donors (Lipinski definition) is 0. The van der Waals surface area contributed by atoms with Gasteiger partial charge in [0.05, 0.1) is 24.4 Å². The largest absolute Gasteiger partial charge is 0.495 e. The van der Waals surface area contributed by atoms with Gasteiger partial charge in [0.25, 0.3) is 5.91 Å². The summed E-state index contributed by atoms with van der Waals surface area (Å²) in [5.41, 5.74) is 3.23. The second-order valence-electron chi connectivity index (χ2n) is 8.02. The molecule has 156 valence electrons. The van der Waals surface area contributed by atoms with Gasteiger partial charge in [0.15, 0.2) is 0 Å². The molecule has 1 aromatic heterocycles. The average molecular weight is 397 g/mol. The van der Waals surface area contributed by atoms with Crippen LogP contribution in [-0.2, 0) is 7.05 Å². The Balaban J connectivity index is 1.53. The SMILES string of the molecule is CCCN1CCC(N2CCN(c3ccccc3OC)CC2)c2c(ccn2C)C1=O. The summed E-state index contributed by atoms with van der Waals surface area (Å²) >= 11 is 0. The van der Waals surface area contributed by atoms with Crippen LogP contribution in [0.25, 0.3) is 0 Å². The van der Waals surface area contributed by atoms with Gasteiger partial charge in [0, 0.05) is 58.2 Å². The molecule has 29 heavy (non-hydrogen) atoms. The van der Waals surface area contributed by atoms with Crippen LogP contribution in [0.4, 0.5) is 5.69 Å². The van der Waals surface area contributed by atoms with Crippen LogP contribution in [0.1, 0.15) is 41.9 Å². The Morgan fingerprint density at radius 2 is 1.83 bits per heavy atom. The quantitative estimate of drug-likeness (QED) is 0.779. The van der Waals surface area contributed by atoms with Crippen LogP contribution in [0.15, 0.2) is 36.5 Å². The second kappa shape index (κ2) is 8.49. The number of hydrogen-bond acceptors (Lipinski definition) is 4. The molecule has 1 atom stereocenters. The third-order valence-electron chi connectivity index (χ3n) is 6.30. The van der Waals surface area contributed by atoms with E-state index in [0.717, 1.165) is 63.4 Å². The molecular weight excluding hydrogens is 364 g/mol. The van der Waals surface area contributed by atoms with Crippen molar-refractivity contribution in [3.05, 3.63) is 47.8 Å². The Hall–Kier alpha value is -2.47. The number of carbonyl (C=O) groups is 1. The highest BCUT2D eigenvalue weighted by molar-refractivity contribution is 5.96. The summed E-state index contributed by atoms with van der Waals surface area (Å²) in [6.45, 7) is 7.69. The summed E-state index contributed by atoms with van der Waals surface area (Å²) in [6, 6.07) is 10.5. The highest BCUT2D eigenvalue weighted by atomic mass is 16.5. The third kappa shape index (κ3) is 3.73. The Bertz CT molecular complexity index is 854. The summed E-state index contributed by atoms with van der Waals surface area (Å²) in [5, 5.41) is 0. The van der Waals surface area contributed by atoms with Gasteiger partial charge in [-0.1, -0.05) is 19.1 Å². The number of nitrogens with zero attached hydrogens (tertiary/aromatic N) is 4. The van der Waals surface area contributed by atoms with Crippen molar-refractivity contribution >= 4 is 11.6 Å². The molecule has 6 nitrogen and oxygen atoms in total. The molecule has 0 radical (unpaired) electrons. The van der Waals surface area contributed by atoms with Crippen molar-refractivity contribution in [3.8, 4) is 5.75 Å². The van der Waals surface area contributed by atoms with Crippen LogP contribution in [0.5, 0.6) is 5.75 Å². The van der Waals surface area contributed by atoms with Crippen molar-refractivity contribution < 1.29 is 9.53 Å². The van der Waals surface area contributed by atoms with Crippen molar-refractivity contribution in [1.82, 2.24) is 14.4 Å². The molecule has 0 bridgehead atoms. The van der Waals surface area contributed by atoms with Crippen molar-refractivity contribution in [2.45, 2.75) is 25.8 Å². The highest BCUT2D eigenvalue weighted by Crippen LogP contribution is 2.34. The van der Waals surface area contributed by atoms with E-state index in [9.17, 15) is 4.79 Å². The Morgan fingerprint density at radius 3 is 2.55 bits per heavy atom. The monoisotopic (exact) mass is 396 g/mol. The summed E-state index contributed by atoms with van der Waals surface area (Å²) in [5.74, 6) is 1.12. The Labute approximate surface area is 173 Å². The molecule has 0 aliphatic carbocycles. The molecular formula is C23H32N4O2. The summed E-state index contributed by atoms with van der Waals surface area (Å²) in [6.07, 6.45) is 4.03. The molecule has 0 N–H and O–H groups in total. The highest BCUT2D eigenvalue weighted by Gasteiger charge is 2.34. The smallest absolute Gasteiger partial charge is 0.255 e. The topological polar surface area (TPSA) is 41.0 Å². The van der Waals surface area contributed by atoms with Crippen LogP contribution in [0, 0.1) is 0 Å². The first-order valence-corrected chi connectivity index (χ1v) is 10.7. The maximum absolute atomic E-state index is 13.0. The first kappa shape index (κ1) is 19.8. The van der Waals surface area contributed by atoms with Gasteiger partial charge in [0.1, 0.15) is 5.75 Å². The number of aromatic nitrogens is 1. The number of fused-ring (bicyclic) bond motifs is 1. The van der Waals surface area contributed by atoms with E-state index in [4.69, 9.17) is 4.74 Å². The van der Waals surface area contributed by atoms with Gasteiger partial charge in [-0.3, -0.25) is 9.69 Å². The zero-order valence-electron chi connectivity index (χ0n) is 17.8. The van der Waals surface area contributed by atoms with E-state index in [2.05, 4.69) is 40.5 Å². The number of aryl methyl sites for hydroxylation is 1. The van der Waals surface area contributed by atoms with E-state index < -0.39 is 0 Å². The van der Waals surface area contributed by atoms with Crippen LogP contribution in [0.2, 0.25) is 0 Å². The van der Waals surface area contributed by atoms with Crippen LogP contribution in [0.3, 0.4) is 0 Å². The molecule has 1 amide bonds. The first-order valence-electron chi connectivity index (χ1n) is 10.7. The standard InChI is InChI=1S/C23H32N4O2/c1-4-11-27-13-10-20(22-18(23(27)28)9-12-24(22)2)26-16-14-25(15-17-26)19-7-5-6-8-21(19)29-3/h5-9,12,20H,4,10-11,13-17H2,1-3H3. The van der Waals surface area contributed by atoms with Gasteiger partial charge in [-0.15, -0.1) is 0 Å². The number of piperazine rings is 1. The minimum atomic E-state index is 0.192. The zero-order valence-corrected chi connectivity index (χ0v) is 17.8. The zero-order chi connectivity index (χ0) is 20.4. The van der Waals surface area contributed by atoms with E-state index in [0.29, 0.717) is 0 Å². The minimum absolute atomic E-state index is 0.192. The van der Waals surface area contributed by atoms with Gasteiger partial charge in [-0.05, 0) is 31.0 Å². The van der Waals surface area contributed by atoms with E-state index in [1.807, 2.05) is 29.3 Å². The number of ether oxygens (including phenoxy) is 1. The van der Waals surface area contributed by atoms with Crippen molar-refractivity contribution in [1.29, 1.82) is 0 Å². The van der Waals surface area contributed by atoms with Gasteiger partial charge in [-0.2, -0.15) is 0 Å². The van der Waals surface area contributed by atoms with Gasteiger partial charge in [-0.25, -0.2) is 0 Å². The lowest BCUT2D eigenvalue weighted by molar-refractivity contribution is 0.0752. The molecule has 1 saturated heterocycles. The van der Waals surface area contributed by atoms with Crippen molar-refractivity contribution in [2.75, 3.05) is 51.3 Å². The third-order valence-corrected chi connectivity index (χ3v) is 6.30. The molecule has 4 rings (SSSR count). The number of carbonyl (C=O) groups excluding carboxylic acids is 1. The van der Waals surface area contributed by atoms with Crippen LogP contribution < -0.4 is 9.64 Å². The maximum Gasteiger partial charge on any atom is 0.255 e. The summed E-state index contributed by atoms with van der Waals surface area (Å²) in [7, 11) is 3.80. The fourth-order valence-corrected chi connectivity index (χ4v) is 4.83. The van der Waals surface area contributed by atoms with Crippen molar-refractivity contribution in [3.63, 3.8) is 0 Å². The lowest BCUT2D eigenvalue weighted by atomic mass is 10.0. The Morgan fingerprint density at radius 1 is 1.07 bits per heavy atom. The molecule has 0 saturated carbocycles. The predicted octanol–water partition coefficient (Wildman–Crippen LogP) is 3.15. The molecule has 2 aromatic rings. The minimum Gasteiger partial charge on any atom is -0.495 e. The van der Waals surface area contributed by atoms with E-state index in [1.165, 1.54) is 11.4 Å². The molecule has 3 heterocycles. The fourth-order valence-electron chi connectivity index (χ4n) is 4.83. The molecule has 6 heteroatoms. The lowest BCUT2D eigenvalue weighted by Crippen LogP contribution is -2.48. The summed E-state index contributed by atoms with van der Waals surface area (Å²) in [4.78, 5) is 20.1. The molecule has 1 unspecified atom stereocenters. The number of benzene rings is 1. The number of rotatable bonds is 5. The molecule has 1 fully saturated rings. The van der Waals surface area contributed by atoms with E-state index in [-0.39, 0.29) is 11.9 Å². The second-order valence-corrected chi connectivity index (χ2v) is 8.02. The number of anilines is 1. The number of methoxy groups -OCH3 is 1. The predicted molar refractivity (Wildman–Crippen MR) is 116 cm³/mol. The maximum atomic E-state index is 13.0. The summed E-state index contributed by atoms with van der Waals surface area (Å²) < 4.78 is 7.71. The van der Waals surface area contributed by atoms with Crippen molar-refractivity contribution in [2.24, 2.45) is 7.05 Å². The van der Waals surface area contributed by atoms with E-state index in [1.54, 1.807) is 7.11 Å². The van der Waals surface area contributed by atoms with E-state index >= 15 is 0 Å². The van der Waals surface area contributed by atoms with Gasteiger partial charge in [0.2, 0.25) is 0 Å². The number of amides is 1. The lowest BCUT2D eigenvalue weighted by Gasteiger charge is -2.40. The van der Waals surface area contributed by atoms with Crippen LogP contribution >= 0.6 is 0 Å². The average Bonchev–Trinajstić information content (AvgIpc) is 3.07. The first-order chi connectivity index (χ1) is 14.1. The molecule has 2 aliphatic heterocycles. The molecule has 1 aromatic carbocycles.